The van der Waals surface area contributed by atoms with Crippen molar-refractivity contribution in [2.24, 2.45) is 0 Å². The first-order chi connectivity index (χ1) is 28.2. The van der Waals surface area contributed by atoms with Gasteiger partial charge in [0.2, 0.25) is 0 Å². The topological polar surface area (TPSA) is 29.5 Å². The standard InChI is InChI=1S/C54H35NO2/c1-2-11-36(12-3-1)39-13-8-14-40(33-39)37-23-28-43(29-24-37)55(44-30-25-38(26-31-44)46-19-10-20-49-47-17-4-7-22-52(47)57-54(46)49)45-16-9-15-41(34-45)42-27-32-53-50(35-42)48-18-5-6-21-51(48)56-53/h1-35H. The third-order valence-electron chi connectivity index (χ3n) is 11.1. The van der Waals surface area contributed by atoms with Crippen LogP contribution in [0, 0.1) is 0 Å². The van der Waals surface area contributed by atoms with E-state index < -0.39 is 0 Å². The van der Waals surface area contributed by atoms with Gasteiger partial charge in [0.1, 0.15) is 22.3 Å². The van der Waals surface area contributed by atoms with E-state index in [0.717, 1.165) is 83.2 Å². The van der Waals surface area contributed by atoms with Crippen LogP contribution < -0.4 is 4.90 Å². The lowest BCUT2D eigenvalue weighted by Gasteiger charge is -2.26. The van der Waals surface area contributed by atoms with E-state index in [4.69, 9.17) is 8.83 Å². The molecule has 3 nitrogen and oxygen atoms in total. The average Bonchev–Trinajstić information content (AvgIpc) is 3.86. The van der Waals surface area contributed by atoms with Gasteiger partial charge in [-0.3, -0.25) is 0 Å². The van der Waals surface area contributed by atoms with Gasteiger partial charge in [0.15, 0.2) is 0 Å². The Kier molecular flexibility index (Phi) is 7.82. The zero-order valence-electron chi connectivity index (χ0n) is 31.0. The molecule has 9 aromatic carbocycles. The summed E-state index contributed by atoms with van der Waals surface area (Å²) in [6.45, 7) is 0. The molecule has 0 saturated carbocycles. The van der Waals surface area contributed by atoms with Crippen LogP contribution in [0.1, 0.15) is 0 Å². The molecule has 0 N–H and O–H groups in total. The van der Waals surface area contributed by atoms with Crippen LogP contribution >= 0.6 is 0 Å². The molecule has 0 radical (unpaired) electrons. The molecule has 0 atom stereocenters. The van der Waals surface area contributed by atoms with Crippen LogP contribution in [-0.2, 0) is 0 Å². The Bertz CT molecular complexity index is 3230. The van der Waals surface area contributed by atoms with E-state index in [0.29, 0.717) is 0 Å². The summed E-state index contributed by atoms with van der Waals surface area (Å²) in [5.74, 6) is 0. The van der Waals surface area contributed by atoms with Gasteiger partial charge in [-0.25, -0.2) is 0 Å². The third-order valence-corrected chi connectivity index (χ3v) is 11.1. The van der Waals surface area contributed by atoms with Gasteiger partial charge in [0.25, 0.3) is 0 Å². The molecule has 0 unspecified atom stereocenters. The molecular weight excluding hydrogens is 695 g/mol. The molecule has 3 heteroatoms. The number of para-hydroxylation sites is 3. The first kappa shape index (κ1) is 32.8. The van der Waals surface area contributed by atoms with Crippen molar-refractivity contribution in [3.05, 3.63) is 212 Å². The molecule has 268 valence electrons. The van der Waals surface area contributed by atoms with Crippen molar-refractivity contribution < 1.29 is 8.83 Å². The summed E-state index contributed by atoms with van der Waals surface area (Å²) in [5, 5.41) is 4.50. The van der Waals surface area contributed by atoms with Crippen LogP contribution in [-0.4, -0.2) is 0 Å². The maximum Gasteiger partial charge on any atom is 0.143 e. The minimum absolute atomic E-state index is 0.894. The van der Waals surface area contributed by atoms with E-state index in [9.17, 15) is 0 Å². The molecule has 11 rings (SSSR count). The predicted octanol–water partition coefficient (Wildman–Crippen LogP) is 15.6. The Morgan fingerprint density at radius 3 is 1.49 bits per heavy atom. The van der Waals surface area contributed by atoms with Gasteiger partial charge >= 0.3 is 0 Å². The SMILES string of the molecule is c1ccc(-c2cccc(-c3ccc(N(c4ccc(-c5cccc6c5oc5ccccc56)cc4)c4cccc(-c5ccc6oc7ccccc7c6c5)c4)cc3)c2)cc1. The lowest BCUT2D eigenvalue weighted by molar-refractivity contribution is 0.669. The number of hydrogen-bond acceptors (Lipinski definition) is 3. The maximum absolute atomic E-state index is 6.42. The average molecular weight is 730 g/mol. The van der Waals surface area contributed by atoms with Crippen LogP contribution in [0.25, 0.3) is 88.4 Å². The predicted molar refractivity (Wildman–Crippen MR) is 237 cm³/mol. The van der Waals surface area contributed by atoms with Crippen LogP contribution in [0.5, 0.6) is 0 Å². The number of furan rings is 2. The highest BCUT2D eigenvalue weighted by Gasteiger charge is 2.17. The summed E-state index contributed by atoms with van der Waals surface area (Å²) in [6.07, 6.45) is 0. The summed E-state index contributed by atoms with van der Waals surface area (Å²) in [5.41, 5.74) is 16.0. The molecule has 0 saturated heterocycles. The quantitative estimate of drug-likeness (QED) is 0.164. The fourth-order valence-corrected chi connectivity index (χ4v) is 8.25. The number of rotatable bonds is 7. The van der Waals surface area contributed by atoms with E-state index in [2.05, 4.69) is 193 Å². The van der Waals surface area contributed by atoms with E-state index in [1.54, 1.807) is 0 Å². The molecular formula is C54H35NO2. The zero-order valence-corrected chi connectivity index (χ0v) is 31.0. The van der Waals surface area contributed by atoms with Gasteiger partial charge in [-0.2, -0.15) is 0 Å². The Balaban J connectivity index is 1.00. The molecule has 0 bridgehead atoms. The molecule has 57 heavy (non-hydrogen) atoms. The number of benzene rings is 9. The van der Waals surface area contributed by atoms with Crippen molar-refractivity contribution in [2.45, 2.75) is 0 Å². The summed E-state index contributed by atoms with van der Waals surface area (Å²) < 4.78 is 12.6. The fraction of sp³-hybridized carbons (Fsp3) is 0. The Morgan fingerprint density at radius 2 is 0.754 bits per heavy atom. The summed E-state index contributed by atoms with van der Waals surface area (Å²) in [6, 6.07) is 75.2. The molecule has 0 spiro atoms. The number of nitrogens with zero attached hydrogens (tertiary/aromatic N) is 1. The Hall–Kier alpha value is -7.62. The third kappa shape index (κ3) is 5.85. The molecule has 0 fully saturated rings. The maximum atomic E-state index is 6.42. The van der Waals surface area contributed by atoms with E-state index in [-0.39, 0.29) is 0 Å². The monoisotopic (exact) mass is 729 g/mol. The second-order valence-corrected chi connectivity index (χ2v) is 14.5. The fourth-order valence-electron chi connectivity index (χ4n) is 8.25. The van der Waals surface area contributed by atoms with Crippen molar-refractivity contribution in [3.8, 4) is 44.5 Å². The van der Waals surface area contributed by atoms with Crippen molar-refractivity contribution in [2.75, 3.05) is 4.90 Å². The van der Waals surface area contributed by atoms with Gasteiger partial charge in [0, 0.05) is 44.2 Å². The summed E-state index contributed by atoms with van der Waals surface area (Å²) in [4.78, 5) is 2.34. The number of hydrogen-bond donors (Lipinski definition) is 0. The minimum Gasteiger partial charge on any atom is -0.456 e. The van der Waals surface area contributed by atoms with Gasteiger partial charge in [-0.15, -0.1) is 0 Å². The van der Waals surface area contributed by atoms with Crippen molar-refractivity contribution >= 4 is 60.9 Å². The first-order valence-corrected chi connectivity index (χ1v) is 19.3. The van der Waals surface area contributed by atoms with Gasteiger partial charge < -0.3 is 13.7 Å². The van der Waals surface area contributed by atoms with Crippen LogP contribution in [0.3, 0.4) is 0 Å². The minimum atomic E-state index is 0.894. The van der Waals surface area contributed by atoms with Gasteiger partial charge in [-0.1, -0.05) is 146 Å². The molecule has 0 aliphatic carbocycles. The Labute approximate surface area is 330 Å². The summed E-state index contributed by atoms with van der Waals surface area (Å²) >= 11 is 0. The second kappa shape index (κ2) is 13.6. The number of fused-ring (bicyclic) bond motifs is 6. The van der Waals surface area contributed by atoms with Crippen LogP contribution in [0.4, 0.5) is 17.1 Å². The van der Waals surface area contributed by atoms with E-state index >= 15 is 0 Å². The van der Waals surface area contributed by atoms with Gasteiger partial charge in [-0.05, 0) is 106 Å². The number of anilines is 3. The molecule has 2 heterocycles. The highest BCUT2D eigenvalue weighted by Crippen LogP contribution is 2.41. The summed E-state index contributed by atoms with van der Waals surface area (Å²) in [7, 11) is 0. The van der Waals surface area contributed by atoms with Crippen molar-refractivity contribution in [1.29, 1.82) is 0 Å². The molecule has 2 aromatic heterocycles. The van der Waals surface area contributed by atoms with Crippen LogP contribution in [0.15, 0.2) is 221 Å². The van der Waals surface area contributed by atoms with E-state index in [1.165, 1.54) is 22.3 Å². The van der Waals surface area contributed by atoms with Crippen molar-refractivity contribution in [1.82, 2.24) is 0 Å². The molecule has 0 aliphatic rings. The zero-order chi connectivity index (χ0) is 37.7. The molecule has 0 aliphatic heterocycles. The highest BCUT2D eigenvalue weighted by atomic mass is 16.3. The lowest BCUT2D eigenvalue weighted by atomic mass is 9.98. The van der Waals surface area contributed by atoms with E-state index in [1.807, 2.05) is 24.3 Å². The molecule has 11 aromatic rings. The smallest absolute Gasteiger partial charge is 0.143 e. The first-order valence-electron chi connectivity index (χ1n) is 19.3. The lowest BCUT2D eigenvalue weighted by Crippen LogP contribution is -2.10. The highest BCUT2D eigenvalue weighted by molar-refractivity contribution is 6.10. The molecule has 0 amide bonds. The van der Waals surface area contributed by atoms with Gasteiger partial charge in [0.05, 0.1) is 0 Å². The van der Waals surface area contributed by atoms with Crippen molar-refractivity contribution in [3.63, 3.8) is 0 Å². The largest absolute Gasteiger partial charge is 0.456 e. The Morgan fingerprint density at radius 1 is 0.263 bits per heavy atom. The second-order valence-electron chi connectivity index (χ2n) is 14.5. The normalized spacial score (nSPS) is 11.5. The van der Waals surface area contributed by atoms with Crippen LogP contribution in [0.2, 0.25) is 0 Å².